The van der Waals surface area contributed by atoms with Crippen LogP contribution in [-0.2, 0) is 6.54 Å². The first-order valence-corrected chi connectivity index (χ1v) is 7.13. The Labute approximate surface area is 123 Å². The molecule has 1 heterocycles. The minimum atomic E-state index is -0.238. The predicted molar refractivity (Wildman–Crippen MR) is 84.5 cm³/mol. The number of aromatic nitrogens is 1. The Balaban J connectivity index is 2.04. The van der Waals surface area contributed by atoms with Gasteiger partial charge >= 0.3 is 0 Å². The van der Waals surface area contributed by atoms with Crippen molar-refractivity contribution >= 4 is 10.9 Å². The summed E-state index contributed by atoms with van der Waals surface area (Å²) < 4.78 is 14.1. The van der Waals surface area contributed by atoms with E-state index < -0.39 is 0 Å². The largest absolute Gasteiger partial charge is 0.313 e. The van der Waals surface area contributed by atoms with Crippen molar-refractivity contribution in [3.05, 3.63) is 66.0 Å². The molecule has 0 fully saturated rings. The summed E-state index contributed by atoms with van der Waals surface area (Å²) in [6, 6.07) is 16.9. The van der Waals surface area contributed by atoms with Gasteiger partial charge < -0.3 is 5.32 Å². The highest BCUT2D eigenvalue weighted by Gasteiger charge is 2.08. The molecule has 0 amide bonds. The van der Waals surface area contributed by atoms with E-state index in [0.29, 0.717) is 11.3 Å². The fourth-order valence-electron chi connectivity index (χ4n) is 2.36. The first kappa shape index (κ1) is 13.7. The molecule has 0 unspecified atom stereocenters. The summed E-state index contributed by atoms with van der Waals surface area (Å²) in [6.07, 6.45) is 0. The third kappa shape index (κ3) is 2.93. The summed E-state index contributed by atoms with van der Waals surface area (Å²) in [5.41, 5.74) is 3.16. The van der Waals surface area contributed by atoms with E-state index in [1.807, 2.05) is 48.5 Å². The number of halogens is 1. The minimum Gasteiger partial charge on any atom is -0.313 e. The van der Waals surface area contributed by atoms with Crippen LogP contribution in [0.4, 0.5) is 4.39 Å². The maximum atomic E-state index is 14.1. The summed E-state index contributed by atoms with van der Waals surface area (Å²) in [5.74, 6) is -0.238. The van der Waals surface area contributed by atoms with Crippen LogP contribution in [0.25, 0.3) is 22.2 Å². The summed E-state index contributed by atoms with van der Waals surface area (Å²) in [5, 5.41) is 4.31. The summed E-state index contributed by atoms with van der Waals surface area (Å²) in [6.45, 7) is 3.67. The molecule has 3 aromatic rings. The molecule has 0 spiro atoms. The highest BCUT2D eigenvalue weighted by Crippen LogP contribution is 2.24. The molecule has 1 N–H and O–H groups in total. The fourth-order valence-corrected chi connectivity index (χ4v) is 2.36. The Kier molecular flexibility index (Phi) is 3.93. The molecule has 3 rings (SSSR count). The highest BCUT2D eigenvalue weighted by molar-refractivity contribution is 5.81. The molecule has 0 aliphatic carbocycles. The van der Waals surface area contributed by atoms with Gasteiger partial charge in [-0.25, -0.2) is 9.37 Å². The molecule has 0 radical (unpaired) electrons. The zero-order valence-corrected chi connectivity index (χ0v) is 11.9. The zero-order valence-electron chi connectivity index (χ0n) is 11.9. The Morgan fingerprint density at radius 1 is 1.05 bits per heavy atom. The van der Waals surface area contributed by atoms with Gasteiger partial charge in [0.05, 0.1) is 11.2 Å². The second kappa shape index (κ2) is 6.02. The van der Waals surface area contributed by atoms with Crippen LogP contribution in [0.3, 0.4) is 0 Å². The molecule has 2 aromatic carbocycles. The van der Waals surface area contributed by atoms with Crippen LogP contribution in [-0.4, -0.2) is 11.5 Å². The molecule has 0 saturated carbocycles. The van der Waals surface area contributed by atoms with Crippen LogP contribution < -0.4 is 5.32 Å². The SMILES string of the molecule is CCNCc1ccc(F)c(-c2ccc3ccccc3n2)c1. The third-order valence-corrected chi connectivity index (χ3v) is 3.48. The van der Waals surface area contributed by atoms with Crippen molar-refractivity contribution in [3.8, 4) is 11.3 Å². The minimum absolute atomic E-state index is 0.238. The van der Waals surface area contributed by atoms with E-state index in [4.69, 9.17) is 0 Å². The van der Waals surface area contributed by atoms with Crippen molar-refractivity contribution in [3.63, 3.8) is 0 Å². The Bertz CT molecular complexity index is 768. The highest BCUT2D eigenvalue weighted by atomic mass is 19.1. The second-order valence-corrected chi connectivity index (χ2v) is 4.98. The number of pyridine rings is 1. The van der Waals surface area contributed by atoms with Gasteiger partial charge in [-0.1, -0.05) is 37.3 Å². The molecule has 2 nitrogen and oxygen atoms in total. The van der Waals surface area contributed by atoms with Crippen LogP contribution in [0.5, 0.6) is 0 Å². The molecule has 0 aliphatic heterocycles. The number of nitrogens with zero attached hydrogens (tertiary/aromatic N) is 1. The quantitative estimate of drug-likeness (QED) is 0.776. The van der Waals surface area contributed by atoms with Crippen molar-refractivity contribution in [2.24, 2.45) is 0 Å². The lowest BCUT2D eigenvalue weighted by molar-refractivity contribution is 0.628. The van der Waals surface area contributed by atoms with Gasteiger partial charge in [-0.05, 0) is 36.4 Å². The van der Waals surface area contributed by atoms with E-state index in [-0.39, 0.29) is 5.82 Å². The van der Waals surface area contributed by atoms with Gasteiger partial charge in [0.25, 0.3) is 0 Å². The third-order valence-electron chi connectivity index (χ3n) is 3.48. The summed E-state index contributed by atoms with van der Waals surface area (Å²) in [4.78, 5) is 4.57. The van der Waals surface area contributed by atoms with E-state index in [2.05, 4.69) is 17.2 Å². The van der Waals surface area contributed by atoms with E-state index in [0.717, 1.165) is 29.6 Å². The lowest BCUT2D eigenvalue weighted by atomic mass is 10.1. The van der Waals surface area contributed by atoms with E-state index in [1.165, 1.54) is 6.07 Å². The zero-order chi connectivity index (χ0) is 14.7. The lowest BCUT2D eigenvalue weighted by Crippen LogP contribution is -2.11. The van der Waals surface area contributed by atoms with Crippen LogP contribution in [0.1, 0.15) is 12.5 Å². The second-order valence-electron chi connectivity index (χ2n) is 4.98. The average Bonchev–Trinajstić information content (AvgIpc) is 2.53. The molecule has 106 valence electrons. The van der Waals surface area contributed by atoms with Crippen LogP contribution in [0.15, 0.2) is 54.6 Å². The van der Waals surface area contributed by atoms with Gasteiger partial charge in [0.1, 0.15) is 5.82 Å². The van der Waals surface area contributed by atoms with Gasteiger partial charge in [-0.3, -0.25) is 0 Å². The van der Waals surface area contributed by atoms with Crippen molar-refractivity contribution in [1.82, 2.24) is 10.3 Å². The lowest BCUT2D eigenvalue weighted by Gasteiger charge is -2.08. The standard InChI is InChI=1S/C18H17FN2/c1-2-20-12-13-7-9-16(19)15(11-13)18-10-8-14-5-3-4-6-17(14)21-18/h3-11,20H,2,12H2,1H3. The monoisotopic (exact) mass is 280 g/mol. The number of rotatable bonds is 4. The van der Waals surface area contributed by atoms with Gasteiger partial charge in [0, 0.05) is 17.5 Å². The molecule has 0 aliphatic rings. The molecular weight excluding hydrogens is 263 g/mol. The predicted octanol–water partition coefficient (Wildman–Crippen LogP) is 4.15. The van der Waals surface area contributed by atoms with Crippen molar-refractivity contribution < 1.29 is 4.39 Å². The van der Waals surface area contributed by atoms with Crippen LogP contribution in [0.2, 0.25) is 0 Å². The Morgan fingerprint density at radius 3 is 2.76 bits per heavy atom. The molecular formula is C18H17FN2. The maximum Gasteiger partial charge on any atom is 0.132 e. The summed E-state index contributed by atoms with van der Waals surface area (Å²) >= 11 is 0. The molecule has 0 atom stereocenters. The molecule has 0 saturated heterocycles. The number of fused-ring (bicyclic) bond motifs is 1. The Morgan fingerprint density at radius 2 is 1.90 bits per heavy atom. The topological polar surface area (TPSA) is 24.9 Å². The molecule has 3 heteroatoms. The first-order valence-electron chi connectivity index (χ1n) is 7.13. The smallest absolute Gasteiger partial charge is 0.132 e. The number of nitrogens with one attached hydrogen (secondary N) is 1. The van der Waals surface area contributed by atoms with Crippen LogP contribution >= 0.6 is 0 Å². The van der Waals surface area contributed by atoms with E-state index in [9.17, 15) is 4.39 Å². The van der Waals surface area contributed by atoms with Gasteiger partial charge in [-0.2, -0.15) is 0 Å². The normalized spacial score (nSPS) is 11.0. The maximum absolute atomic E-state index is 14.1. The number of hydrogen-bond acceptors (Lipinski definition) is 2. The van der Waals surface area contributed by atoms with E-state index >= 15 is 0 Å². The van der Waals surface area contributed by atoms with E-state index in [1.54, 1.807) is 0 Å². The van der Waals surface area contributed by atoms with Crippen molar-refractivity contribution in [1.29, 1.82) is 0 Å². The molecule has 21 heavy (non-hydrogen) atoms. The van der Waals surface area contributed by atoms with Gasteiger partial charge in [0.15, 0.2) is 0 Å². The Hall–Kier alpha value is -2.26. The van der Waals surface area contributed by atoms with Crippen molar-refractivity contribution in [2.75, 3.05) is 6.54 Å². The van der Waals surface area contributed by atoms with Crippen molar-refractivity contribution in [2.45, 2.75) is 13.5 Å². The average molecular weight is 280 g/mol. The fraction of sp³-hybridized carbons (Fsp3) is 0.167. The van der Waals surface area contributed by atoms with Gasteiger partial charge in [-0.15, -0.1) is 0 Å². The number of benzene rings is 2. The van der Waals surface area contributed by atoms with Gasteiger partial charge in [0.2, 0.25) is 0 Å². The number of para-hydroxylation sites is 1. The first-order chi connectivity index (χ1) is 10.3. The summed E-state index contributed by atoms with van der Waals surface area (Å²) in [7, 11) is 0. The number of hydrogen-bond donors (Lipinski definition) is 1. The molecule has 1 aromatic heterocycles. The van der Waals surface area contributed by atoms with Crippen LogP contribution in [0, 0.1) is 5.82 Å². The molecule has 0 bridgehead atoms.